The van der Waals surface area contributed by atoms with E-state index >= 15 is 0 Å². The number of rotatable bonds is 2. The van der Waals surface area contributed by atoms with Crippen LogP contribution in [0.4, 0.5) is 0 Å². The van der Waals surface area contributed by atoms with Crippen LogP contribution in [0.15, 0.2) is 59.0 Å². The van der Waals surface area contributed by atoms with Crippen molar-refractivity contribution in [2.24, 2.45) is 0 Å². The lowest BCUT2D eigenvalue weighted by molar-refractivity contribution is -0.131. The number of carbonyl (C=O) groups excluding carboxylic acids is 2. The highest BCUT2D eigenvalue weighted by molar-refractivity contribution is 5.97. The van der Waals surface area contributed by atoms with Crippen molar-refractivity contribution in [3.8, 4) is 11.5 Å². The van der Waals surface area contributed by atoms with Gasteiger partial charge in [-0.1, -0.05) is 30.3 Å². The molecule has 1 atom stereocenters. The minimum atomic E-state index is -0.856. The van der Waals surface area contributed by atoms with Crippen molar-refractivity contribution in [3.05, 3.63) is 60.4 Å². The van der Waals surface area contributed by atoms with E-state index in [-0.39, 0.29) is 12.4 Å². The lowest BCUT2D eigenvalue weighted by Gasteiger charge is -2.25. The molecular weight excluding hydrogens is 324 g/mol. The van der Waals surface area contributed by atoms with Crippen molar-refractivity contribution in [1.29, 1.82) is 0 Å². The number of carbonyl (C=O) groups is 2. The van der Waals surface area contributed by atoms with Gasteiger partial charge in [0.1, 0.15) is 12.2 Å². The summed E-state index contributed by atoms with van der Waals surface area (Å²) in [4.78, 5) is 24.3. The van der Waals surface area contributed by atoms with Crippen molar-refractivity contribution < 1.29 is 23.5 Å². The van der Waals surface area contributed by atoms with Gasteiger partial charge in [0.05, 0.1) is 0 Å². The molecule has 1 aliphatic heterocycles. The standard InChI is InChI=1S/C18H14N2O5/c21-17(15-9-11-5-1-2-6-12(11)24-15)19-20-18(22)16-10-23-13-7-3-4-8-14(13)25-16/h1-9,16H,10H2,(H,19,21)(H,20,22)/t16-/m1/s1. The molecule has 126 valence electrons. The fourth-order valence-electron chi connectivity index (χ4n) is 2.50. The molecule has 4 rings (SSSR count). The molecule has 2 amide bonds. The predicted octanol–water partition coefficient (Wildman–Crippen LogP) is 2.03. The Morgan fingerprint density at radius 3 is 2.56 bits per heavy atom. The Balaban J connectivity index is 1.38. The van der Waals surface area contributed by atoms with E-state index in [9.17, 15) is 9.59 Å². The topological polar surface area (TPSA) is 89.8 Å². The second kappa shape index (κ2) is 6.20. The number of benzene rings is 2. The van der Waals surface area contributed by atoms with Crippen LogP contribution < -0.4 is 20.3 Å². The summed E-state index contributed by atoms with van der Waals surface area (Å²) in [6.07, 6.45) is -0.856. The molecule has 0 unspecified atom stereocenters. The molecule has 0 aliphatic carbocycles. The van der Waals surface area contributed by atoms with E-state index in [1.165, 1.54) is 0 Å². The van der Waals surface area contributed by atoms with Crippen LogP contribution in [-0.4, -0.2) is 24.5 Å². The molecule has 0 bridgehead atoms. The van der Waals surface area contributed by atoms with E-state index in [0.29, 0.717) is 17.1 Å². The van der Waals surface area contributed by atoms with Crippen LogP contribution in [-0.2, 0) is 4.79 Å². The SMILES string of the molecule is O=C(NNC(=O)[C@H]1COc2ccccc2O1)c1cc2ccccc2o1. The first-order valence-corrected chi connectivity index (χ1v) is 7.68. The fourth-order valence-corrected chi connectivity index (χ4v) is 2.50. The summed E-state index contributed by atoms with van der Waals surface area (Å²) in [5, 5.41) is 0.805. The van der Waals surface area contributed by atoms with Gasteiger partial charge in [-0.2, -0.15) is 0 Å². The van der Waals surface area contributed by atoms with Gasteiger partial charge in [0.25, 0.3) is 5.91 Å². The van der Waals surface area contributed by atoms with Gasteiger partial charge in [0.15, 0.2) is 17.3 Å². The summed E-state index contributed by atoms with van der Waals surface area (Å²) in [6.45, 7) is 0.0589. The number of hydrogen-bond donors (Lipinski definition) is 2. The maximum absolute atomic E-state index is 12.2. The maximum atomic E-state index is 12.2. The second-order valence-electron chi connectivity index (χ2n) is 5.46. The zero-order valence-electron chi connectivity index (χ0n) is 13.0. The number of furan rings is 1. The lowest BCUT2D eigenvalue weighted by Crippen LogP contribution is -2.50. The summed E-state index contributed by atoms with van der Waals surface area (Å²) in [7, 11) is 0. The minimum Gasteiger partial charge on any atom is -0.485 e. The van der Waals surface area contributed by atoms with E-state index in [0.717, 1.165) is 5.39 Å². The van der Waals surface area contributed by atoms with Crippen LogP contribution >= 0.6 is 0 Å². The van der Waals surface area contributed by atoms with E-state index in [1.807, 2.05) is 24.3 Å². The number of para-hydroxylation sites is 3. The smallest absolute Gasteiger partial charge is 0.305 e. The first-order chi connectivity index (χ1) is 12.2. The maximum Gasteiger partial charge on any atom is 0.305 e. The predicted molar refractivity (Wildman–Crippen MR) is 88.2 cm³/mol. The van der Waals surface area contributed by atoms with E-state index in [4.69, 9.17) is 13.9 Å². The summed E-state index contributed by atoms with van der Waals surface area (Å²) in [5.41, 5.74) is 5.23. The second-order valence-corrected chi connectivity index (χ2v) is 5.46. The van der Waals surface area contributed by atoms with Crippen molar-refractivity contribution in [1.82, 2.24) is 10.9 Å². The van der Waals surface area contributed by atoms with Gasteiger partial charge < -0.3 is 13.9 Å². The summed E-state index contributed by atoms with van der Waals surface area (Å²) < 4.78 is 16.5. The Hall–Kier alpha value is -3.48. The molecule has 7 heteroatoms. The van der Waals surface area contributed by atoms with Crippen LogP contribution in [0.5, 0.6) is 11.5 Å². The first-order valence-electron chi connectivity index (χ1n) is 7.68. The number of fused-ring (bicyclic) bond motifs is 2. The lowest BCUT2D eigenvalue weighted by atomic mass is 10.2. The third-order valence-corrected chi connectivity index (χ3v) is 3.75. The Morgan fingerprint density at radius 2 is 1.72 bits per heavy atom. The largest absolute Gasteiger partial charge is 0.485 e. The minimum absolute atomic E-state index is 0.0589. The quantitative estimate of drug-likeness (QED) is 0.698. The molecule has 0 saturated carbocycles. The van der Waals surface area contributed by atoms with Crippen LogP contribution in [0.25, 0.3) is 11.0 Å². The first kappa shape index (κ1) is 15.1. The van der Waals surface area contributed by atoms with Crippen LogP contribution in [0.1, 0.15) is 10.6 Å². The Labute approximate surface area is 142 Å². The van der Waals surface area contributed by atoms with Gasteiger partial charge in [-0.15, -0.1) is 0 Å². The Bertz CT molecular complexity index is 916. The highest BCUT2D eigenvalue weighted by Gasteiger charge is 2.27. The van der Waals surface area contributed by atoms with Gasteiger partial charge in [0, 0.05) is 5.39 Å². The normalized spacial score (nSPS) is 15.6. The Morgan fingerprint density at radius 1 is 0.960 bits per heavy atom. The van der Waals surface area contributed by atoms with E-state index < -0.39 is 17.9 Å². The van der Waals surface area contributed by atoms with Gasteiger partial charge in [-0.25, -0.2) is 0 Å². The molecule has 2 heterocycles. The highest BCUT2D eigenvalue weighted by Crippen LogP contribution is 2.30. The molecular formula is C18H14N2O5. The third kappa shape index (κ3) is 2.99. The van der Waals surface area contributed by atoms with Crippen LogP contribution in [0.2, 0.25) is 0 Å². The zero-order valence-corrected chi connectivity index (χ0v) is 13.0. The van der Waals surface area contributed by atoms with Gasteiger partial charge in [-0.05, 0) is 24.3 Å². The molecule has 1 aliphatic rings. The van der Waals surface area contributed by atoms with E-state index in [2.05, 4.69) is 10.9 Å². The summed E-state index contributed by atoms with van der Waals surface area (Å²) in [5.74, 6) is 0.101. The number of hydrogen-bond acceptors (Lipinski definition) is 5. The molecule has 2 N–H and O–H groups in total. The number of ether oxygens (including phenoxy) is 2. The average Bonchev–Trinajstić information content (AvgIpc) is 3.09. The molecule has 0 spiro atoms. The fraction of sp³-hybridized carbons (Fsp3) is 0.111. The Kier molecular flexibility index (Phi) is 3.74. The molecule has 2 aromatic carbocycles. The molecule has 1 aromatic heterocycles. The van der Waals surface area contributed by atoms with Crippen molar-refractivity contribution in [2.45, 2.75) is 6.10 Å². The average molecular weight is 338 g/mol. The van der Waals surface area contributed by atoms with Gasteiger partial charge >= 0.3 is 5.91 Å². The molecule has 0 fully saturated rings. The summed E-state index contributed by atoms with van der Waals surface area (Å²) >= 11 is 0. The molecule has 0 saturated heterocycles. The van der Waals surface area contributed by atoms with E-state index in [1.54, 1.807) is 30.3 Å². The van der Waals surface area contributed by atoms with Crippen molar-refractivity contribution >= 4 is 22.8 Å². The molecule has 25 heavy (non-hydrogen) atoms. The molecule has 0 radical (unpaired) electrons. The number of amides is 2. The zero-order chi connectivity index (χ0) is 17.2. The monoisotopic (exact) mass is 338 g/mol. The van der Waals surface area contributed by atoms with Gasteiger partial charge in [0.2, 0.25) is 6.10 Å². The van der Waals surface area contributed by atoms with Gasteiger partial charge in [-0.3, -0.25) is 20.4 Å². The number of nitrogens with one attached hydrogen (secondary N) is 2. The summed E-state index contributed by atoms with van der Waals surface area (Å²) in [6, 6.07) is 15.9. The van der Waals surface area contributed by atoms with Crippen molar-refractivity contribution in [3.63, 3.8) is 0 Å². The number of hydrazine groups is 1. The molecule has 3 aromatic rings. The third-order valence-electron chi connectivity index (χ3n) is 3.75. The highest BCUT2D eigenvalue weighted by atomic mass is 16.6. The molecule has 7 nitrogen and oxygen atoms in total. The van der Waals surface area contributed by atoms with Crippen molar-refractivity contribution in [2.75, 3.05) is 6.61 Å². The van der Waals surface area contributed by atoms with Crippen LogP contribution in [0, 0.1) is 0 Å². The van der Waals surface area contributed by atoms with Crippen LogP contribution in [0.3, 0.4) is 0 Å².